The molecule has 0 aromatic heterocycles. The maximum atomic E-state index is 12.3. The summed E-state index contributed by atoms with van der Waals surface area (Å²) in [4.78, 5) is 24.5. The Morgan fingerprint density at radius 2 is 1.88 bits per heavy atom. The third-order valence-corrected chi connectivity index (χ3v) is 6.47. The van der Waals surface area contributed by atoms with E-state index in [-0.39, 0.29) is 41.2 Å². The van der Waals surface area contributed by atoms with E-state index in [4.69, 9.17) is 0 Å². The molecule has 24 heavy (non-hydrogen) atoms. The SMILES string of the molecule is CCc1ccccc1NC(=O)C1CC1C(=O)NC1CCS(=O)(=O)C1. The van der Waals surface area contributed by atoms with Gasteiger partial charge in [0.2, 0.25) is 11.8 Å². The zero-order valence-corrected chi connectivity index (χ0v) is 14.4. The molecule has 0 spiro atoms. The van der Waals surface area contributed by atoms with Crippen molar-refractivity contribution < 1.29 is 18.0 Å². The first kappa shape index (κ1) is 17.0. The maximum Gasteiger partial charge on any atom is 0.228 e. The second-order valence-corrected chi connectivity index (χ2v) is 8.79. The lowest BCUT2D eigenvalue weighted by Crippen LogP contribution is -2.37. The number of amides is 2. The van der Waals surface area contributed by atoms with E-state index in [0.717, 1.165) is 17.7 Å². The Kier molecular flexibility index (Phi) is 4.62. The van der Waals surface area contributed by atoms with Crippen LogP contribution in [0.3, 0.4) is 0 Å². The highest BCUT2D eigenvalue weighted by Gasteiger charge is 2.48. The molecule has 1 aliphatic heterocycles. The Morgan fingerprint density at radius 1 is 1.17 bits per heavy atom. The second-order valence-electron chi connectivity index (χ2n) is 6.56. The monoisotopic (exact) mass is 350 g/mol. The molecule has 3 atom stereocenters. The molecular weight excluding hydrogens is 328 g/mol. The predicted octanol–water partition coefficient (Wildman–Crippen LogP) is 1.13. The number of benzene rings is 1. The lowest BCUT2D eigenvalue weighted by Gasteiger charge is -2.11. The summed E-state index contributed by atoms with van der Waals surface area (Å²) in [7, 11) is -3.02. The number of nitrogens with one attached hydrogen (secondary N) is 2. The van der Waals surface area contributed by atoms with Crippen LogP contribution in [0.25, 0.3) is 0 Å². The van der Waals surface area contributed by atoms with E-state index < -0.39 is 9.84 Å². The molecule has 1 aromatic rings. The first-order valence-corrected chi connectivity index (χ1v) is 10.1. The van der Waals surface area contributed by atoms with E-state index in [1.165, 1.54) is 0 Å². The highest BCUT2D eigenvalue weighted by atomic mass is 32.2. The zero-order chi connectivity index (χ0) is 17.3. The Bertz CT molecular complexity index is 760. The Morgan fingerprint density at radius 3 is 2.54 bits per heavy atom. The lowest BCUT2D eigenvalue weighted by atomic mass is 10.1. The molecule has 2 N–H and O–H groups in total. The van der Waals surface area contributed by atoms with E-state index in [1.807, 2.05) is 31.2 Å². The third kappa shape index (κ3) is 3.77. The molecule has 1 saturated heterocycles. The molecule has 0 radical (unpaired) electrons. The lowest BCUT2D eigenvalue weighted by molar-refractivity contribution is -0.125. The number of anilines is 1. The molecule has 130 valence electrons. The molecule has 1 saturated carbocycles. The normalized spacial score (nSPS) is 27.5. The van der Waals surface area contributed by atoms with Crippen LogP contribution in [0.4, 0.5) is 5.69 Å². The van der Waals surface area contributed by atoms with Gasteiger partial charge in [-0.05, 0) is 30.9 Å². The molecule has 1 aromatic carbocycles. The summed E-state index contributed by atoms with van der Waals surface area (Å²) >= 11 is 0. The summed E-state index contributed by atoms with van der Waals surface area (Å²) in [6.07, 6.45) is 1.80. The number of para-hydroxylation sites is 1. The second kappa shape index (κ2) is 6.55. The predicted molar refractivity (Wildman–Crippen MR) is 91.2 cm³/mol. The van der Waals surface area contributed by atoms with Crippen LogP contribution < -0.4 is 10.6 Å². The van der Waals surface area contributed by atoms with Crippen molar-refractivity contribution in [2.75, 3.05) is 16.8 Å². The molecule has 3 unspecified atom stereocenters. The number of sulfone groups is 1. The molecule has 1 heterocycles. The standard InChI is InChI=1S/C17H22N2O4S/c1-2-11-5-3-4-6-15(11)19-17(21)14-9-13(14)16(20)18-12-7-8-24(22,23)10-12/h3-6,12-14H,2,7-10H2,1H3,(H,18,20)(H,19,21). The summed E-state index contributed by atoms with van der Waals surface area (Å²) in [6, 6.07) is 7.31. The number of hydrogen-bond donors (Lipinski definition) is 2. The number of carbonyl (C=O) groups is 2. The summed E-state index contributed by atoms with van der Waals surface area (Å²) < 4.78 is 22.9. The first-order valence-electron chi connectivity index (χ1n) is 8.29. The highest BCUT2D eigenvalue weighted by molar-refractivity contribution is 7.91. The van der Waals surface area contributed by atoms with Crippen LogP contribution in [0, 0.1) is 11.8 Å². The average molecular weight is 350 g/mol. The van der Waals surface area contributed by atoms with E-state index in [0.29, 0.717) is 12.8 Å². The van der Waals surface area contributed by atoms with Crippen molar-refractivity contribution in [3.63, 3.8) is 0 Å². The zero-order valence-electron chi connectivity index (χ0n) is 13.6. The van der Waals surface area contributed by atoms with Gasteiger partial charge in [0.1, 0.15) is 0 Å². The molecule has 7 heteroatoms. The van der Waals surface area contributed by atoms with E-state index in [9.17, 15) is 18.0 Å². The van der Waals surface area contributed by atoms with Gasteiger partial charge < -0.3 is 10.6 Å². The Hall–Kier alpha value is -1.89. The van der Waals surface area contributed by atoms with Crippen LogP contribution in [0.15, 0.2) is 24.3 Å². The first-order chi connectivity index (χ1) is 11.4. The van der Waals surface area contributed by atoms with Gasteiger partial charge in [0.15, 0.2) is 9.84 Å². The van der Waals surface area contributed by atoms with Gasteiger partial charge in [-0.2, -0.15) is 0 Å². The van der Waals surface area contributed by atoms with Gasteiger partial charge in [-0.25, -0.2) is 8.42 Å². The van der Waals surface area contributed by atoms with Crippen LogP contribution in [-0.2, 0) is 25.8 Å². The van der Waals surface area contributed by atoms with Gasteiger partial charge in [0.05, 0.1) is 23.3 Å². The van der Waals surface area contributed by atoms with Gasteiger partial charge in [-0.3, -0.25) is 9.59 Å². The number of aryl methyl sites for hydroxylation is 1. The molecule has 0 bridgehead atoms. The smallest absolute Gasteiger partial charge is 0.228 e. The number of hydrogen-bond acceptors (Lipinski definition) is 4. The molecule has 1 aliphatic carbocycles. The highest BCUT2D eigenvalue weighted by Crippen LogP contribution is 2.40. The summed E-state index contributed by atoms with van der Waals surface area (Å²) in [5.74, 6) is -0.891. The van der Waals surface area contributed by atoms with E-state index in [2.05, 4.69) is 10.6 Å². The average Bonchev–Trinajstić information content (AvgIpc) is 3.27. The van der Waals surface area contributed by atoms with Gasteiger partial charge in [0.25, 0.3) is 0 Å². The van der Waals surface area contributed by atoms with Crippen LogP contribution in [0.2, 0.25) is 0 Å². The molecule has 2 fully saturated rings. The van der Waals surface area contributed by atoms with E-state index >= 15 is 0 Å². The maximum absolute atomic E-state index is 12.3. The number of carbonyl (C=O) groups excluding carboxylic acids is 2. The van der Waals surface area contributed by atoms with Crippen molar-refractivity contribution >= 4 is 27.3 Å². The molecular formula is C17H22N2O4S. The minimum Gasteiger partial charge on any atom is -0.352 e. The minimum atomic E-state index is -3.02. The van der Waals surface area contributed by atoms with Crippen molar-refractivity contribution in [3.8, 4) is 0 Å². The van der Waals surface area contributed by atoms with Crippen LogP contribution in [0.1, 0.15) is 25.3 Å². The molecule has 2 aliphatic rings. The van der Waals surface area contributed by atoms with E-state index in [1.54, 1.807) is 0 Å². The molecule has 3 rings (SSSR count). The Balaban J connectivity index is 1.53. The Labute approximate surface area is 141 Å². The van der Waals surface area contributed by atoms with Crippen molar-refractivity contribution in [3.05, 3.63) is 29.8 Å². The fourth-order valence-electron chi connectivity index (χ4n) is 3.17. The quantitative estimate of drug-likeness (QED) is 0.832. The largest absolute Gasteiger partial charge is 0.352 e. The third-order valence-electron chi connectivity index (χ3n) is 4.70. The fourth-order valence-corrected chi connectivity index (χ4v) is 4.84. The van der Waals surface area contributed by atoms with Crippen LogP contribution >= 0.6 is 0 Å². The fraction of sp³-hybridized carbons (Fsp3) is 0.529. The van der Waals surface area contributed by atoms with Crippen molar-refractivity contribution in [1.82, 2.24) is 5.32 Å². The minimum absolute atomic E-state index is 0.00615. The summed E-state index contributed by atoms with van der Waals surface area (Å²) in [5.41, 5.74) is 1.85. The van der Waals surface area contributed by atoms with Crippen molar-refractivity contribution in [2.24, 2.45) is 11.8 Å². The van der Waals surface area contributed by atoms with Crippen molar-refractivity contribution in [2.45, 2.75) is 32.2 Å². The molecule has 2 amide bonds. The van der Waals surface area contributed by atoms with Crippen LogP contribution in [-0.4, -0.2) is 37.8 Å². The number of rotatable bonds is 5. The van der Waals surface area contributed by atoms with Gasteiger partial charge >= 0.3 is 0 Å². The van der Waals surface area contributed by atoms with Crippen molar-refractivity contribution in [1.29, 1.82) is 0 Å². The topological polar surface area (TPSA) is 92.3 Å². The summed E-state index contributed by atoms with van der Waals surface area (Å²) in [5, 5.41) is 5.67. The van der Waals surface area contributed by atoms with Gasteiger partial charge in [-0.15, -0.1) is 0 Å². The van der Waals surface area contributed by atoms with Crippen LogP contribution in [0.5, 0.6) is 0 Å². The summed E-state index contributed by atoms with van der Waals surface area (Å²) in [6.45, 7) is 2.02. The van der Waals surface area contributed by atoms with Gasteiger partial charge in [0, 0.05) is 11.7 Å². The molecule has 6 nitrogen and oxygen atoms in total. The van der Waals surface area contributed by atoms with Gasteiger partial charge in [-0.1, -0.05) is 25.1 Å².